The first-order valence-electron chi connectivity index (χ1n) is 14.0. The van der Waals surface area contributed by atoms with Crippen LogP contribution in [0.2, 0.25) is 0 Å². The molecule has 36 heavy (non-hydrogen) atoms. The topological polar surface area (TPSA) is 73.3 Å². The van der Waals surface area contributed by atoms with Gasteiger partial charge < -0.3 is 4.90 Å². The first kappa shape index (κ1) is 23.1. The second-order valence-corrected chi connectivity index (χ2v) is 13.0. The van der Waals surface area contributed by atoms with E-state index < -0.39 is 11.0 Å². The van der Waals surface area contributed by atoms with Crippen molar-refractivity contribution in [2.75, 3.05) is 39.3 Å². The molecule has 6 aliphatic rings. The predicted octanol–water partition coefficient (Wildman–Crippen LogP) is 2.92. The fourth-order valence-corrected chi connectivity index (χ4v) is 9.34. The Morgan fingerprint density at radius 1 is 0.833 bits per heavy atom. The third-order valence-corrected chi connectivity index (χ3v) is 11.2. The molecule has 2 amide bonds. The van der Waals surface area contributed by atoms with E-state index in [-0.39, 0.29) is 23.7 Å². The fourth-order valence-electron chi connectivity index (χ4n) is 8.33. The van der Waals surface area contributed by atoms with E-state index in [2.05, 4.69) is 14.2 Å². The summed E-state index contributed by atoms with van der Waals surface area (Å²) in [6, 6.07) is 7.85. The van der Waals surface area contributed by atoms with Gasteiger partial charge in [-0.05, 0) is 67.9 Å². The molecule has 192 valence electrons. The molecule has 1 aromatic rings. The zero-order valence-corrected chi connectivity index (χ0v) is 21.7. The average molecular weight is 509 g/mol. The van der Waals surface area contributed by atoms with Crippen molar-refractivity contribution >= 4 is 28.6 Å². The SMILES string of the molecule is O=C1C2C3CCC(C3)C2C(=O)N1CC1CCCCC1CN1CCN(C2=NS(=O)c3ccccc32)CC1. The molecule has 7 rings (SSSR count). The Labute approximate surface area is 215 Å². The number of amides is 2. The standard InChI is InChI=1S/C28H36N4O3S/c33-27-24-18-9-10-19(15-18)25(24)28(34)32(27)17-21-6-2-1-5-20(21)16-30-11-13-31(14-12-30)26-22-7-3-4-8-23(22)36(35)29-26/h3-4,7-8,18-21,24-25H,1-2,5-6,9-17H2. The van der Waals surface area contributed by atoms with Gasteiger partial charge in [-0.1, -0.05) is 25.0 Å². The summed E-state index contributed by atoms with van der Waals surface area (Å²) in [5.41, 5.74) is 1.01. The van der Waals surface area contributed by atoms with E-state index >= 15 is 0 Å². The maximum Gasteiger partial charge on any atom is 0.233 e. The smallest absolute Gasteiger partial charge is 0.233 e. The van der Waals surface area contributed by atoms with Crippen molar-refractivity contribution in [2.45, 2.75) is 49.8 Å². The Bertz CT molecular complexity index is 1100. The maximum absolute atomic E-state index is 13.3. The van der Waals surface area contributed by atoms with Gasteiger partial charge in [0.05, 0.1) is 16.7 Å². The molecule has 1 aromatic carbocycles. The molecule has 3 aliphatic heterocycles. The highest BCUT2D eigenvalue weighted by Crippen LogP contribution is 2.56. The number of carbonyl (C=O) groups excluding carboxylic acids is 2. The maximum atomic E-state index is 13.3. The molecule has 7 unspecified atom stereocenters. The van der Waals surface area contributed by atoms with Crippen LogP contribution in [0.25, 0.3) is 0 Å². The van der Waals surface area contributed by atoms with Gasteiger partial charge in [-0.25, -0.2) is 4.21 Å². The Morgan fingerprint density at radius 2 is 1.47 bits per heavy atom. The van der Waals surface area contributed by atoms with Crippen molar-refractivity contribution in [3.8, 4) is 0 Å². The molecule has 0 N–H and O–H groups in total. The Morgan fingerprint density at radius 3 is 2.17 bits per heavy atom. The Balaban J connectivity index is 0.980. The molecule has 3 saturated carbocycles. The lowest BCUT2D eigenvalue weighted by atomic mass is 9.78. The average Bonchev–Trinajstić information content (AvgIpc) is 3.66. The largest absolute Gasteiger partial charge is 0.353 e. The van der Waals surface area contributed by atoms with Crippen molar-refractivity contribution in [2.24, 2.45) is 39.9 Å². The van der Waals surface area contributed by atoms with Gasteiger partial charge in [-0.15, -0.1) is 0 Å². The van der Waals surface area contributed by atoms with Crippen LogP contribution >= 0.6 is 0 Å². The number of benzene rings is 1. The number of fused-ring (bicyclic) bond motifs is 6. The number of hydrogen-bond acceptors (Lipinski definition) is 5. The first-order chi connectivity index (χ1) is 17.6. The van der Waals surface area contributed by atoms with Crippen LogP contribution in [0, 0.1) is 35.5 Å². The minimum atomic E-state index is -1.29. The summed E-state index contributed by atoms with van der Waals surface area (Å²) in [6.07, 6.45) is 8.17. The normalized spacial score (nSPS) is 38.0. The van der Waals surface area contributed by atoms with E-state index in [0.717, 1.165) is 74.7 Å². The third kappa shape index (κ3) is 3.70. The molecule has 8 heteroatoms. The van der Waals surface area contributed by atoms with Crippen molar-refractivity contribution in [3.05, 3.63) is 29.8 Å². The van der Waals surface area contributed by atoms with Gasteiger partial charge in [-0.2, -0.15) is 4.40 Å². The lowest BCUT2D eigenvalue weighted by molar-refractivity contribution is -0.142. The molecule has 2 bridgehead atoms. The minimum absolute atomic E-state index is 0.00401. The molecule has 7 nitrogen and oxygen atoms in total. The number of likely N-dealkylation sites (tertiary alicyclic amines) is 1. The lowest BCUT2D eigenvalue weighted by Gasteiger charge is -2.41. The van der Waals surface area contributed by atoms with Gasteiger partial charge in [0.15, 0.2) is 11.0 Å². The highest BCUT2D eigenvalue weighted by molar-refractivity contribution is 7.84. The molecule has 0 aromatic heterocycles. The fraction of sp³-hybridized carbons (Fsp3) is 0.679. The second kappa shape index (κ2) is 9.05. The molecule has 7 atom stereocenters. The van der Waals surface area contributed by atoms with Crippen LogP contribution in [0.3, 0.4) is 0 Å². The Hall–Kier alpha value is -2.06. The summed E-state index contributed by atoms with van der Waals surface area (Å²) in [4.78, 5) is 33.9. The van der Waals surface area contributed by atoms with Crippen molar-refractivity contribution < 1.29 is 13.8 Å². The quantitative estimate of drug-likeness (QED) is 0.585. The van der Waals surface area contributed by atoms with Crippen LogP contribution in [0.4, 0.5) is 0 Å². The molecule has 5 fully saturated rings. The lowest BCUT2D eigenvalue weighted by Crippen LogP contribution is -2.51. The number of hydrogen-bond donors (Lipinski definition) is 0. The van der Waals surface area contributed by atoms with Gasteiger partial charge in [0.1, 0.15) is 5.84 Å². The van der Waals surface area contributed by atoms with Crippen molar-refractivity contribution in [1.82, 2.24) is 14.7 Å². The first-order valence-corrected chi connectivity index (χ1v) is 15.1. The summed E-state index contributed by atoms with van der Waals surface area (Å²) in [6.45, 7) is 5.39. The van der Waals surface area contributed by atoms with E-state index in [9.17, 15) is 13.8 Å². The van der Waals surface area contributed by atoms with Gasteiger partial charge in [0.2, 0.25) is 11.8 Å². The van der Waals surface area contributed by atoms with Crippen LogP contribution in [-0.2, 0) is 20.6 Å². The summed E-state index contributed by atoms with van der Waals surface area (Å²) < 4.78 is 16.9. The number of carbonyl (C=O) groups is 2. The van der Waals surface area contributed by atoms with Gasteiger partial charge in [0, 0.05) is 44.8 Å². The third-order valence-electron chi connectivity index (χ3n) is 10.2. The monoisotopic (exact) mass is 508 g/mol. The van der Waals surface area contributed by atoms with Crippen LogP contribution in [-0.4, -0.2) is 75.8 Å². The highest BCUT2D eigenvalue weighted by Gasteiger charge is 2.61. The minimum Gasteiger partial charge on any atom is -0.353 e. The predicted molar refractivity (Wildman–Crippen MR) is 137 cm³/mol. The number of piperazine rings is 1. The molecule has 3 aliphatic carbocycles. The summed E-state index contributed by atoms with van der Waals surface area (Å²) in [7, 11) is -1.29. The molecule has 0 spiro atoms. The highest BCUT2D eigenvalue weighted by atomic mass is 32.2. The number of nitrogens with zero attached hydrogens (tertiary/aromatic N) is 4. The second-order valence-electron chi connectivity index (χ2n) is 11.9. The van der Waals surface area contributed by atoms with E-state index in [4.69, 9.17) is 0 Å². The number of rotatable bonds is 4. The van der Waals surface area contributed by atoms with Crippen molar-refractivity contribution in [1.29, 1.82) is 0 Å². The number of imide groups is 1. The number of amidine groups is 1. The van der Waals surface area contributed by atoms with E-state index in [0.29, 0.717) is 30.2 Å². The zero-order chi connectivity index (χ0) is 24.4. The van der Waals surface area contributed by atoms with Gasteiger partial charge in [-0.3, -0.25) is 19.4 Å². The van der Waals surface area contributed by atoms with E-state index in [1.165, 1.54) is 19.3 Å². The van der Waals surface area contributed by atoms with E-state index in [1.54, 1.807) is 4.90 Å². The zero-order valence-electron chi connectivity index (χ0n) is 20.9. The van der Waals surface area contributed by atoms with Crippen LogP contribution in [0.1, 0.15) is 50.5 Å². The Kier molecular flexibility index (Phi) is 5.80. The molecule has 3 heterocycles. The van der Waals surface area contributed by atoms with Gasteiger partial charge in [0.25, 0.3) is 0 Å². The molecular weight excluding hydrogens is 472 g/mol. The van der Waals surface area contributed by atoms with Gasteiger partial charge >= 0.3 is 0 Å². The van der Waals surface area contributed by atoms with Crippen LogP contribution < -0.4 is 0 Å². The van der Waals surface area contributed by atoms with Crippen molar-refractivity contribution in [3.63, 3.8) is 0 Å². The molecule has 2 saturated heterocycles. The van der Waals surface area contributed by atoms with Crippen LogP contribution in [0.15, 0.2) is 33.6 Å². The molecular formula is C28H36N4O3S. The summed E-state index contributed by atoms with van der Waals surface area (Å²) in [5, 5.41) is 0. The summed E-state index contributed by atoms with van der Waals surface area (Å²) in [5.74, 6) is 3.10. The van der Waals surface area contributed by atoms with E-state index in [1.807, 2.05) is 24.3 Å². The van der Waals surface area contributed by atoms with Crippen LogP contribution in [0.5, 0.6) is 0 Å². The molecule has 0 radical (unpaired) electrons. The summed E-state index contributed by atoms with van der Waals surface area (Å²) >= 11 is 0.